The molecule has 4 rings (SSSR count). The number of benzene rings is 2. The van der Waals surface area contributed by atoms with Gasteiger partial charge in [-0.25, -0.2) is 4.68 Å². The number of halogens is 1. The Morgan fingerprint density at radius 2 is 1.86 bits per heavy atom. The molecular weight excluding hydrogens is 484 g/mol. The molecule has 1 aliphatic heterocycles. The summed E-state index contributed by atoms with van der Waals surface area (Å²) in [4.78, 5) is 39.6. The van der Waals surface area contributed by atoms with Crippen molar-refractivity contribution in [3.05, 3.63) is 75.7 Å². The summed E-state index contributed by atoms with van der Waals surface area (Å²) in [6.07, 6.45) is 2.91. The minimum Gasteiger partial charge on any atom is -0.466 e. The lowest BCUT2D eigenvalue weighted by Crippen LogP contribution is -2.42. The minimum absolute atomic E-state index is 0.151. The van der Waals surface area contributed by atoms with Crippen LogP contribution in [0.2, 0.25) is 5.02 Å². The number of nitrogens with zero attached hydrogens (tertiary/aromatic N) is 3. The number of ether oxygens (including phenoxy) is 2. The number of carbonyl (C=O) groups excluding carboxylic acids is 2. The maximum Gasteiger partial charge on any atom is 0.310 e. The first-order chi connectivity index (χ1) is 17.4. The van der Waals surface area contributed by atoms with Crippen molar-refractivity contribution in [2.24, 2.45) is 13.0 Å². The van der Waals surface area contributed by atoms with E-state index in [4.69, 9.17) is 21.1 Å². The zero-order valence-electron chi connectivity index (χ0n) is 20.1. The summed E-state index contributed by atoms with van der Waals surface area (Å²) in [6, 6.07) is 13.6. The molecule has 2 aromatic carbocycles. The van der Waals surface area contributed by atoms with Gasteiger partial charge in [0.2, 0.25) is 0 Å². The average Bonchev–Trinajstić information content (AvgIpc) is 2.90. The Bertz CT molecular complexity index is 1290. The number of amides is 1. The van der Waals surface area contributed by atoms with Crippen LogP contribution in [0.25, 0.3) is 0 Å². The summed E-state index contributed by atoms with van der Waals surface area (Å²) in [5.41, 5.74) is 0.916. The summed E-state index contributed by atoms with van der Waals surface area (Å²) in [5, 5.41) is 7.70. The van der Waals surface area contributed by atoms with Crippen LogP contribution in [0.4, 0.5) is 11.4 Å². The van der Waals surface area contributed by atoms with E-state index in [0.717, 1.165) is 6.42 Å². The standard InChI is InChI=1S/C26H27ClN4O5/c1-3-35-26(34)18-5-4-14-31(16-18)24(32)17-6-10-20(11-7-17)29-23-22(15-28-30(2)25(23)33)36-21-12-8-19(27)9-13-21/h6-13,15,18,29H,3-5,14,16H2,1-2H3. The van der Waals surface area contributed by atoms with Crippen LogP contribution >= 0.6 is 11.6 Å². The lowest BCUT2D eigenvalue weighted by Gasteiger charge is -2.31. The van der Waals surface area contributed by atoms with Gasteiger partial charge >= 0.3 is 5.97 Å². The third kappa shape index (κ3) is 5.85. The number of aromatic nitrogens is 2. The highest BCUT2D eigenvalue weighted by atomic mass is 35.5. The second-order valence-electron chi connectivity index (χ2n) is 8.41. The molecule has 1 amide bonds. The van der Waals surface area contributed by atoms with Crippen molar-refractivity contribution in [3.63, 3.8) is 0 Å². The summed E-state index contributed by atoms with van der Waals surface area (Å²) < 4.78 is 12.2. The maximum atomic E-state index is 13.0. The molecular formula is C26H27ClN4O5. The molecule has 1 saturated heterocycles. The first kappa shape index (κ1) is 25.2. The Hall–Kier alpha value is -3.85. The highest BCUT2D eigenvalue weighted by molar-refractivity contribution is 6.30. The number of hydrogen-bond acceptors (Lipinski definition) is 7. The Kier molecular flexibility index (Phi) is 7.90. The first-order valence-electron chi connectivity index (χ1n) is 11.7. The van der Waals surface area contributed by atoms with Crippen molar-refractivity contribution >= 4 is 34.9 Å². The zero-order valence-corrected chi connectivity index (χ0v) is 20.8. The van der Waals surface area contributed by atoms with Gasteiger partial charge in [-0.05, 0) is 68.3 Å². The molecule has 0 aliphatic carbocycles. The topological polar surface area (TPSA) is 103 Å². The summed E-state index contributed by atoms with van der Waals surface area (Å²) in [7, 11) is 1.55. The average molecular weight is 511 g/mol. The smallest absolute Gasteiger partial charge is 0.310 e. The SMILES string of the molecule is CCOC(=O)C1CCCN(C(=O)c2ccc(Nc3c(Oc4ccc(Cl)cc4)cnn(C)c3=O)cc2)C1. The molecule has 10 heteroatoms. The van der Waals surface area contributed by atoms with Gasteiger partial charge in [-0.2, -0.15) is 5.10 Å². The van der Waals surface area contributed by atoms with Crippen molar-refractivity contribution in [1.82, 2.24) is 14.7 Å². The Labute approximate surface area is 213 Å². The molecule has 0 spiro atoms. The monoisotopic (exact) mass is 510 g/mol. The normalized spacial score (nSPS) is 15.3. The van der Waals surface area contributed by atoms with Gasteiger partial charge in [-0.3, -0.25) is 14.4 Å². The van der Waals surface area contributed by atoms with Crippen LogP contribution in [-0.4, -0.2) is 46.3 Å². The van der Waals surface area contributed by atoms with Crippen LogP contribution in [0.5, 0.6) is 11.5 Å². The van der Waals surface area contributed by atoms with E-state index in [1.807, 2.05) is 0 Å². The summed E-state index contributed by atoms with van der Waals surface area (Å²) >= 11 is 5.94. The van der Waals surface area contributed by atoms with Crippen LogP contribution in [0, 0.1) is 5.92 Å². The van der Waals surface area contributed by atoms with Crippen molar-refractivity contribution in [2.75, 3.05) is 25.0 Å². The fourth-order valence-electron chi connectivity index (χ4n) is 3.98. The van der Waals surface area contributed by atoms with Gasteiger partial charge in [0.25, 0.3) is 11.5 Å². The molecule has 1 N–H and O–H groups in total. The third-order valence-corrected chi connectivity index (χ3v) is 6.13. The van der Waals surface area contributed by atoms with E-state index in [2.05, 4.69) is 10.4 Å². The number of likely N-dealkylation sites (tertiary alicyclic amines) is 1. The number of anilines is 2. The Morgan fingerprint density at radius 3 is 2.56 bits per heavy atom. The van der Waals surface area contributed by atoms with Crippen LogP contribution in [0.15, 0.2) is 59.5 Å². The molecule has 2 heterocycles. The van der Waals surface area contributed by atoms with E-state index in [-0.39, 0.29) is 34.8 Å². The molecule has 1 atom stereocenters. The lowest BCUT2D eigenvalue weighted by atomic mass is 9.97. The van der Waals surface area contributed by atoms with Gasteiger partial charge in [0.05, 0.1) is 18.7 Å². The van der Waals surface area contributed by atoms with Gasteiger partial charge in [-0.1, -0.05) is 11.6 Å². The molecule has 3 aromatic rings. The quantitative estimate of drug-likeness (QED) is 0.470. The number of piperidine rings is 1. The number of rotatable bonds is 7. The van der Waals surface area contributed by atoms with E-state index in [1.165, 1.54) is 10.9 Å². The van der Waals surface area contributed by atoms with Gasteiger partial charge in [0, 0.05) is 36.4 Å². The molecule has 0 bridgehead atoms. The van der Waals surface area contributed by atoms with Crippen molar-refractivity contribution in [1.29, 1.82) is 0 Å². The third-order valence-electron chi connectivity index (χ3n) is 5.87. The maximum absolute atomic E-state index is 13.0. The van der Waals surface area contributed by atoms with Gasteiger partial charge in [0.1, 0.15) is 5.75 Å². The zero-order chi connectivity index (χ0) is 25.7. The fraction of sp³-hybridized carbons (Fsp3) is 0.308. The van der Waals surface area contributed by atoms with E-state index in [1.54, 1.807) is 67.4 Å². The predicted molar refractivity (Wildman–Crippen MR) is 136 cm³/mol. The molecule has 0 radical (unpaired) electrons. The highest BCUT2D eigenvalue weighted by Gasteiger charge is 2.29. The summed E-state index contributed by atoms with van der Waals surface area (Å²) in [5.74, 6) is 0.0396. The van der Waals surface area contributed by atoms with Crippen LogP contribution in [0.3, 0.4) is 0 Å². The van der Waals surface area contributed by atoms with E-state index in [9.17, 15) is 14.4 Å². The fourth-order valence-corrected chi connectivity index (χ4v) is 4.11. The Morgan fingerprint density at radius 1 is 1.14 bits per heavy atom. The minimum atomic E-state index is -0.375. The molecule has 1 aromatic heterocycles. The van der Waals surface area contributed by atoms with Crippen LogP contribution in [0.1, 0.15) is 30.1 Å². The number of hydrogen-bond donors (Lipinski definition) is 1. The molecule has 188 valence electrons. The largest absolute Gasteiger partial charge is 0.466 e. The van der Waals surface area contributed by atoms with Crippen LogP contribution in [-0.2, 0) is 16.6 Å². The second kappa shape index (κ2) is 11.3. The first-order valence-corrected chi connectivity index (χ1v) is 12.1. The summed E-state index contributed by atoms with van der Waals surface area (Å²) in [6.45, 7) is 3.03. The molecule has 36 heavy (non-hydrogen) atoms. The van der Waals surface area contributed by atoms with Gasteiger partial charge < -0.3 is 19.7 Å². The van der Waals surface area contributed by atoms with Crippen molar-refractivity contribution in [3.8, 4) is 11.5 Å². The van der Waals surface area contributed by atoms with Gasteiger partial charge in [-0.15, -0.1) is 0 Å². The van der Waals surface area contributed by atoms with E-state index >= 15 is 0 Å². The Balaban J connectivity index is 1.49. The highest BCUT2D eigenvalue weighted by Crippen LogP contribution is 2.29. The second-order valence-corrected chi connectivity index (χ2v) is 8.85. The number of esters is 1. The number of aryl methyl sites for hydroxylation is 1. The van der Waals surface area contributed by atoms with Gasteiger partial charge in [0.15, 0.2) is 11.4 Å². The number of carbonyl (C=O) groups is 2. The molecule has 9 nitrogen and oxygen atoms in total. The van der Waals surface area contributed by atoms with Crippen molar-refractivity contribution < 1.29 is 19.1 Å². The molecule has 1 fully saturated rings. The molecule has 0 saturated carbocycles. The van der Waals surface area contributed by atoms with E-state index in [0.29, 0.717) is 48.1 Å². The van der Waals surface area contributed by atoms with E-state index < -0.39 is 0 Å². The van der Waals surface area contributed by atoms with Crippen LogP contribution < -0.4 is 15.6 Å². The number of nitrogens with one attached hydrogen (secondary N) is 1. The molecule has 1 aliphatic rings. The predicted octanol–water partition coefficient (Wildman–Crippen LogP) is 4.38. The molecule has 1 unspecified atom stereocenters. The lowest BCUT2D eigenvalue weighted by molar-refractivity contribution is -0.149. The van der Waals surface area contributed by atoms with Crippen molar-refractivity contribution in [2.45, 2.75) is 19.8 Å².